The quantitative estimate of drug-likeness (QED) is 0.154. The van der Waals surface area contributed by atoms with Gasteiger partial charge in [0.25, 0.3) is 0 Å². The van der Waals surface area contributed by atoms with Gasteiger partial charge in [0, 0.05) is 16.7 Å². The van der Waals surface area contributed by atoms with E-state index >= 15 is 0 Å². The van der Waals surface area contributed by atoms with Crippen LogP contribution in [0.5, 0.6) is 0 Å². The Morgan fingerprint density at radius 1 is 0.491 bits per heavy atom. The zero-order chi connectivity index (χ0) is 37.4. The van der Waals surface area contributed by atoms with Crippen molar-refractivity contribution in [2.24, 2.45) is 11.8 Å². The topological polar surface area (TPSA) is 57.1 Å². The van der Waals surface area contributed by atoms with Gasteiger partial charge in [-0.05, 0) is 123 Å². The summed E-state index contributed by atoms with van der Waals surface area (Å²) in [5.41, 5.74) is 9.06. The highest BCUT2D eigenvalue weighted by molar-refractivity contribution is 6.62. The molecule has 274 valence electrons. The molecule has 2 unspecified atom stereocenters. The highest BCUT2D eigenvalue weighted by Gasteiger charge is 2.60. The highest BCUT2D eigenvalue weighted by atomic mass is 16.7. The molecule has 1 aliphatic heterocycles. The first-order valence-corrected chi connectivity index (χ1v) is 20.1. The first-order valence-electron chi connectivity index (χ1n) is 20.1. The third-order valence-corrected chi connectivity index (χ3v) is 13.8. The fraction of sp³-hybridized carbons (Fsp3) is 0.327. The number of hydrogen-bond acceptors (Lipinski definition) is 5. The Hall–Kier alpha value is -4.91. The Labute approximate surface area is 325 Å². The third-order valence-electron chi connectivity index (χ3n) is 13.8. The van der Waals surface area contributed by atoms with E-state index in [0.717, 1.165) is 34.1 Å². The normalized spacial score (nSPS) is 26.0. The van der Waals surface area contributed by atoms with Crippen LogP contribution < -0.4 is 5.46 Å². The molecule has 4 bridgehead atoms. The van der Waals surface area contributed by atoms with Crippen molar-refractivity contribution in [3.63, 3.8) is 0 Å². The second kappa shape index (κ2) is 12.8. The molecule has 4 saturated carbocycles. The standard InChI is InChI=1S/C49H48BN3O2/c1-46(2)47(3,4)55-50(54-46)42-21-12-11-20-41(42)49-30-33-26-34(31-49)29-48(28-33,32-49)40-24-22-35(23-25-40)38-18-13-19-39(27-38)45-52-43(36-14-7-5-8-15-36)51-44(53-45)37-16-9-6-10-17-37/h5-25,27,33-34H,26,28-32H2,1-4H3. The van der Waals surface area contributed by atoms with Crippen LogP contribution in [0.4, 0.5) is 0 Å². The number of aromatic nitrogens is 3. The summed E-state index contributed by atoms with van der Waals surface area (Å²) in [6.07, 6.45) is 7.65. The summed E-state index contributed by atoms with van der Waals surface area (Å²) >= 11 is 0. The molecule has 1 aromatic heterocycles. The molecule has 1 saturated heterocycles. The molecule has 2 heterocycles. The summed E-state index contributed by atoms with van der Waals surface area (Å²) < 4.78 is 13.3. The summed E-state index contributed by atoms with van der Waals surface area (Å²) in [4.78, 5) is 14.9. The Bertz CT molecular complexity index is 2290. The van der Waals surface area contributed by atoms with E-state index in [2.05, 4.69) is 125 Å². The minimum Gasteiger partial charge on any atom is -0.399 e. The lowest BCUT2D eigenvalue weighted by Crippen LogP contribution is -2.57. The molecule has 11 rings (SSSR count). The third kappa shape index (κ3) is 5.97. The van der Waals surface area contributed by atoms with Crippen molar-refractivity contribution < 1.29 is 9.31 Å². The van der Waals surface area contributed by atoms with Gasteiger partial charge < -0.3 is 9.31 Å². The summed E-state index contributed by atoms with van der Waals surface area (Å²) in [5.74, 6) is 3.50. The van der Waals surface area contributed by atoms with Gasteiger partial charge in [0.2, 0.25) is 0 Å². The zero-order valence-corrected chi connectivity index (χ0v) is 32.3. The second-order valence-corrected chi connectivity index (χ2v) is 17.9. The van der Waals surface area contributed by atoms with E-state index in [4.69, 9.17) is 24.3 Å². The van der Waals surface area contributed by atoms with Crippen LogP contribution in [-0.2, 0) is 20.1 Å². The van der Waals surface area contributed by atoms with Crippen molar-refractivity contribution in [1.29, 1.82) is 0 Å². The number of rotatable bonds is 7. The van der Waals surface area contributed by atoms with Gasteiger partial charge in [-0.3, -0.25) is 0 Å². The first-order chi connectivity index (χ1) is 26.6. The van der Waals surface area contributed by atoms with E-state index < -0.39 is 0 Å². The van der Waals surface area contributed by atoms with Crippen molar-refractivity contribution in [2.75, 3.05) is 0 Å². The molecular weight excluding hydrogens is 673 g/mol. The maximum absolute atomic E-state index is 6.67. The largest absolute Gasteiger partial charge is 0.495 e. The summed E-state index contributed by atoms with van der Waals surface area (Å²) in [6.45, 7) is 8.63. The molecule has 2 atom stereocenters. The van der Waals surface area contributed by atoms with Gasteiger partial charge in [0.05, 0.1) is 11.2 Å². The molecule has 0 N–H and O–H groups in total. The van der Waals surface area contributed by atoms with Crippen LogP contribution in [0.2, 0.25) is 0 Å². The number of nitrogens with zero attached hydrogens (tertiary/aromatic N) is 3. The van der Waals surface area contributed by atoms with Crippen LogP contribution in [0.15, 0.2) is 133 Å². The van der Waals surface area contributed by atoms with Crippen LogP contribution in [0.3, 0.4) is 0 Å². The van der Waals surface area contributed by atoms with Crippen molar-refractivity contribution in [2.45, 2.75) is 88.3 Å². The average molecular weight is 722 g/mol. The molecule has 5 nitrogen and oxygen atoms in total. The van der Waals surface area contributed by atoms with E-state index in [1.165, 1.54) is 60.7 Å². The molecule has 0 radical (unpaired) electrons. The maximum atomic E-state index is 6.67. The predicted molar refractivity (Wildman–Crippen MR) is 222 cm³/mol. The molecule has 6 heteroatoms. The molecule has 4 aliphatic carbocycles. The van der Waals surface area contributed by atoms with E-state index in [0.29, 0.717) is 17.5 Å². The second-order valence-electron chi connectivity index (χ2n) is 17.9. The zero-order valence-electron chi connectivity index (χ0n) is 32.3. The van der Waals surface area contributed by atoms with Crippen LogP contribution in [0.1, 0.15) is 77.3 Å². The highest BCUT2D eigenvalue weighted by Crippen LogP contribution is 2.66. The lowest BCUT2D eigenvalue weighted by molar-refractivity contribution is -0.0278. The molecule has 5 aromatic carbocycles. The van der Waals surface area contributed by atoms with E-state index in [-0.39, 0.29) is 29.2 Å². The minimum atomic E-state index is -0.365. The maximum Gasteiger partial charge on any atom is 0.495 e. The van der Waals surface area contributed by atoms with Crippen molar-refractivity contribution in [3.8, 4) is 45.3 Å². The molecule has 0 amide bonds. The van der Waals surface area contributed by atoms with Crippen LogP contribution in [0.25, 0.3) is 45.3 Å². The van der Waals surface area contributed by atoms with E-state index in [9.17, 15) is 0 Å². The Morgan fingerprint density at radius 3 is 1.58 bits per heavy atom. The van der Waals surface area contributed by atoms with Gasteiger partial charge in [-0.1, -0.05) is 127 Å². The lowest BCUT2D eigenvalue weighted by Gasteiger charge is -2.63. The molecule has 5 fully saturated rings. The van der Waals surface area contributed by atoms with Gasteiger partial charge in [0.1, 0.15) is 0 Å². The monoisotopic (exact) mass is 721 g/mol. The smallest absolute Gasteiger partial charge is 0.399 e. The molecule has 55 heavy (non-hydrogen) atoms. The van der Waals surface area contributed by atoms with Gasteiger partial charge >= 0.3 is 7.12 Å². The van der Waals surface area contributed by atoms with Crippen molar-refractivity contribution in [3.05, 3.63) is 145 Å². The minimum absolute atomic E-state index is 0.138. The van der Waals surface area contributed by atoms with Crippen LogP contribution in [-0.4, -0.2) is 33.3 Å². The fourth-order valence-corrected chi connectivity index (χ4v) is 10.9. The number of benzene rings is 5. The lowest BCUT2D eigenvalue weighted by atomic mass is 9.41. The average Bonchev–Trinajstić information content (AvgIpc) is 3.43. The van der Waals surface area contributed by atoms with Gasteiger partial charge in [-0.15, -0.1) is 0 Å². The fourth-order valence-electron chi connectivity index (χ4n) is 10.9. The summed E-state index contributed by atoms with van der Waals surface area (Å²) in [5, 5.41) is 0. The van der Waals surface area contributed by atoms with Crippen LogP contribution >= 0.6 is 0 Å². The predicted octanol–water partition coefficient (Wildman–Crippen LogP) is 10.6. The first kappa shape index (κ1) is 34.6. The molecule has 6 aromatic rings. The molecular formula is C49H48BN3O2. The Balaban J connectivity index is 0.969. The van der Waals surface area contributed by atoms with Gasteiger partial charge in [-0.25, -0.2) is 15.0 Å². The number of hydrogen-bond donors (Lipinski definition) is 0. The Kier molecular flexibility index (Phi) is 8.06. The summed E-state index contributed by atoms with van der Waals surface area (Å²) in [7, 11) is -0.340. The van der Waals surface area contributed by atoms with Crippen LogP contribution in [0, 0.1) is 11.8 Å². The van der Waals surface area contributed by atoms with E-state index in [1.54, 1.807) is 0 Å². The summed E-state index contributed by atoms with van der Waals surface area (Å²) in [6, 6.07) is 47.6. The van der Waals surface area contributed by atoms with Gasteiger partial charge in [0.15, 0.2) is 17.5 Å². The molecule has 5 aliphatic rings. The SMILES string of the molecule is CC1(C)OB(c2ccccc2C23CC4CC(CC(c5ccc(-c6cccc(-c7nc(-c8ccccc8)nc(-c8ccccc8)n7)c6)cc5)(C4)C2)C3)OC1(C)C. The van der Waals surface area contributed by atoms with E-state index in [1.807, 2.05) is 36.4 Å². The molecule has 0 spiro atoms. The van der Waals surface area contributed by atoms with Gasteiger partial charge in [-0.2, -0.15) is 0 Å². The Morgan fingerprint density at radius 2 is 0.982 bits per heavy atom. The van der Waals surface area contributed by atoms with Crippen molar-refractivity contribution >= 4 is 12.6 Å². The van der Waals surface area contributed by atoms with Crippen molar-refractivity contribution in [1.82, 2.24) is 15.0 Å².